The highest BCUT2D eigenvalue weighted by Crippen LogP contribution is 2.17. The number of benzene rings is 1. The summed E-state index contributed by atoms with van der Waals surface area (Å²) in [6.07, 6.45) is 3.34. The van der Waals surface area contributed by atoms with Crippen molar-refractivity contribution in [3.05, 3.63) is 59.9 Å². The van der Waals surface area contributed by atoms with Crippen LogP contribution in [0.5, 0.6) is 0 Å². The smallest absolute Gasteiger partial charge is 0.244 e. The highest BCUT2D eigenvalue weighted by molar-refractivity contribution is 5.94. The molecule has 1 heterocycles. The standard InChI is InChI=1S/C19H23N3O2/c1-14(2)17-4-6-18(7-5-17)21-19(24)13-22(15(3)23)12-16-8-10-20-11-9-16/h4-11,14H,12-13H2,1-3H3,(H,21,24). The van der Waals surface area contributed by atoms with Crippen LogP contribution in [-0.2, 0) is 16.1 Å². The highest BCUT2D eigenvalue weighted by Gasteiger charge is 2.14. The third-order valence-corrected chi connectivity index (χ3v) is 3.76. The van der Waals surface area contributed by atoms with E-state index in [-0.39, 0.29) is 18.4 Å². The quantitative estimate of drug-likeness (QED) is 0.887. The van der Waals surface area contributed by atoms with Crippen LogP contribution in [0.1, 0.15) is 37.8 Å². The molecule has 2 aromatic rings. The molecule has 1 N–H and O–H groups in total. The number of rotatable bonds is 6. The van der Waals surface area contributed by atoms with Crippen LogP contribution in [0.4, 0.5) is 5.69 Å². The lowest BCUT2D eigenvalue weighted by atomic mass is 10.0. The van der Waals surface area contributed by atoms with E-state index in [4.69, 9.17) is 0 Å². The molecule has 1 aromatic carbocycles. The fourth-order valence-electron chi connectivity index (χ4n) is 2.31. The van der Waals surface area contributed by atoms with Crippen LogP contribution in [0, 0.1) is 0 Å². The monoisotopic (exact) mass is 325 g/mol. The van der Waals surface area contributed by atoms with Crippen molar-refractivity contribution in [2.24, 2.45) is 0 Å². The molecule has 0 aliphatic heterocycles. The largest absolute Gasteiger partial charge is 0.329 e. The third-order valence-electron chi connectivity index (χ3n) is 3.76. The molecule has 0 aliphatic rings. The highest BCUT2D eigenvalue weighted by atomic mass is 16.2. The van der Waals surface area contributed by atoms with E-state index < -0.39 is 0 Å². The van der Waals surface area contributed by atoms with Crippen LogP contribution in [0.2, 0.25) is 0 Å². The number of hydrogen-bond acceptors (Lipinski definition) is 3. The van der Waals surface area contributed by atoms with E-state index >= 15 is 0 Å². The van der Waals surface area contributed by atoms with Gasteiger partial charge in [-0.3, -0.25) is 14.6 Å². The summed E-state index contributed by atoms with van der Waals surface area (Å²) in [6, 6.07) is 11.4. The van der Waals surface area contributed by atoms with Gasteiger partial charge in [0.25, 0.3) is 0 Å². The molecular weight excluding hydrogens is 302 g/mol. The molecule has 2 amide bonds. The van der Waals surface area contributed by atoms with Gasteiger partial charge in [0.15, 0.2) is 0 Å². The van der Waals surface area contributed by atoms with Crippen LogP contribution in [0.25, 0.3) is 0 Å². The molecule has 0 spiro atoms. The van der Waals surface area contributed by atoms with Crippen molar-refractivity contribution < 1.29 is 9.59 Å². The zero-order valence-corrected chi connectivity index (χ0v) is 14.3. The summed E-state index contributed by atoms with van der Waals surface area (Å²) in [5.74, 6) is 0.0944. The number of anilines is 1. The number of nitrogens with one attached hydrogen (secondary N) is 1. The Morgan fingerprint density at radius 3 is 2.25 bits per heavy atom. The number of carbonyl (C=O) groups is 2. The Morgan fingerprint density at radius 1 is 1.08 bits per heavy atom. The van der Waals surface area contributed by atoms with Gasteiger partial charge in [0.05, 0.1) is 0 Å². The van der Waals surface area contributed by atoms with E-state index in [0.717, 1.165) is 11.3 Å². The second-order valence-corrected chi connectivity index (χ2v) is 6.06. The summed E-state index contributed by atoms with van der Waals surface area (Å²) >= 11 is 0. The maximum atomic E-state index is 12.2. The van der Waals surface area contributed by atoms with E-state index in [2.05, 4.69) is 24.1 Å². The van der Waals surface area contributed by atoms with Gasteiger partial charge in [-0.1, -0.05) is 26.0 Å². The summed E-state index contributed by atoms with van der Waals surface area (Å²) in [6.45, 7) is 6.11. The molecule has 0 saturated carbocycles. The number of aromatic nitrogens is 1. The molecule has 0 radical (unpaired) electrons. The zero-order valence-electron chi connectivity index (χ0n) is 14.3. The molecule has 0 fully saturated rings. The van der Waals surface area contributed by atoms with Crippen molar-refractivity contribution in [1.29, 1.82) is 0 Å². The molecule has 2 rings (SSSR count). The molecule has 0 saturated heterocycles. The maximum absolute atomic E-state index is 12.2. The van der Waals surface area contributed by atoms with Gasteiger partial charge in [-0.25, -0.2) is 0 Å². The minimum Gasteiger partial charge on any atom is -0.329 e. The number of nitrogens with zero attached hydrogens (tertiary/aromatic N) is 2. The summed E-state index contributed by atoms with van der Waals surface area (Å²) in [5.41, 5.74) is 2.89. The predicted octanol–water partition coefficient (Wildman–Crippen LogP) is 3.19. The molecule has 24 heavy (non-hydrogen) atoms. The Hall–Kier alpha value is -2.69. The third kappa shape index (κ3) is 5.19. The number of carbonyl (C=O) groups excluding carboxylic acids is 2. The molecule has 1 aromatic heterocycles. The maximum Gasteiger partial charge on any atom is 0.244 e. The second-order valence-electron chi connectivity index (χ2n) is 6.06. The molecule has 0 unspecified atom stereocenters. The van der Waals surface area contributed by atoms with Gasteiger partial charge in [-0.05, 0) is 41.3 Å². The van der Waals surface area contributed by atoms with E-state index in [1.807, 2.05) is 36.4 Å². The SMILES string of the molecule is CC(=O)N(CC(=O)Nc1ccc(C(C)C)cc1)Cc1ccncc1. The first-order valence-electron chi connectivity index (χ1n) is 8.00. The summed E-state index contributed by atoms with van der Waals surface area (Å²) in [4.78, 5) is 29.5. The lowest BCUT2D eigenvalue weighted by Crippen LogP contribution is -2.36. The molecule has 126 valence electrons. The van der Waals surface area contributed by atoms with Crippen LogP contribution in [0.3, 0.4) is 0 Å². The number of pyridine rings is 1. The van der Waals surface area contributed by atoms with Gasteiger partial charge < -0.3 is 10.2 Å². The van der Waals surface area contributed by atoms with Gasteiger partial charge in [-0.2, -0.15) is 0 Å². The van der Waals surface area contributed by atoms with Crippen molar-refractivity contribution in [3.8, 4) is 0 Å². The normalized spacial score (nSPS) is 10.5. The summed E-state index contributed by atoms with van der Waals surface area (Å²) in [5, 5.41) is 2.83. The summed E-state index contributed by atoms with van der Waals surface area (Å²) < 4.78 is 0. The van der Waals surface area contributed by atoms with Crippen molar-refractivity contribution in [2.45, 2.75) is 33.2 Å². The van der Waals surface area contributed by atoms with Gasteiger partial charge in [0.2, 0.25) is 11.8 Å². The lowest BCUT2D eigenvalue weighted by molar-refractivity contribution is -0.133. The van der Waals surface area contributed by atoms with E-state index in [1.54, 1.807) is 12.4 Å². The Labute approximate surface area is 142 Å². The number of hydrogen-bond donors (Lipinski definition) is 1. The zero-order chi connectivity index (χ0) is 17.5. The second kappa shape index (κ2) is 8.24. The van der Waals surface area contributed by atoms with E-state index in [9.17, 15) is 9.59 Å². The van der Waals surface area contributed by atoms with E-state index in [0.29, 0.717) is 12.5 Å². The van der Waals surface area contributed by atoms with E-state index in [1.165, 1.54) is 17.4 Å². The minimum atomic E-state index is -0.212. The fourth-order valence-corrected chi connectivity index (χ4v) is 2.31. The van der Waals surface area contributed by atoms with Crippen molar-refractivity contribution in [3.63, 3.8) is 0 Å². The van der Waals surface area contributed by atoms with Crippen LogP contribution >= 0.6 is 0 Å². The first kappa shape index (κ1) is 17.7. The van der Waals surface area contributed by atoms with Gasteiger partial charge in [-0.15, -0.1) is 0 Å². The van der Waals surface area contributed by atoms with Gasteiger partial charge in [0, 0.05) is 31.5 Å². The predicted molar refractivity (Wildman–Crippen MR) is 94.5 cm³/mol. The molecule has 0 aliphatic carbocycles. The average Bonchev–Trinajstić information content (AvgIpc) is 2.55. The molecule has 5 nitrogen and oxygen atoms in total. The number of amides is 2. The van der Waals surface area contributed by atoms with Crippen LogP contribution < -0.4 is 5.32 Å². The Kier molecular flexibility index (Phi) is 6.07. The molecule has 0 atom stereocenters. The fraction of sp³-hybridized carbons (Fsp3) is 0.316. The average molecular weight is 325 g/mol. The Balaban J connectivity index is 1.96. The molecular formula is C19H23N3O2. The van der Waals surface area contributed by atoms with Crippen molar-refractivity contribution in [1.82, 2.24) is 9.88 Å². The van der Waals surface area contributed by atoms with Crippen molar-refractivity contribution in [2.75, 3.05) is 11.9 Å². The van der Waals surface area contributed by atoms with Crippen LogP contribution in [-0.4, -0.2) is 28.2 Å². The summed E-state index contributed by atoms with van der Waals surface area (Å²) in [7, 11) is 0. The Morgan fingerprint density at radius 2 is 1.71 bits per heavy atom. The van der Waals surface area contributed by atoms with Gasteiger partial charge >= 0.3 is 0 Å². The lowest BCUT2D eigenvalue weighted by Gasteiger charge is -2.20. The Bertz CT molecular complexity index is 682. The van der Waals surface area contributed by atoms with Crippen molar-refractivity contribution >= 4 is 17.5 Å². The van der Waals surface area contributed by atoms with Crippen LogP contribution in [0.15, 0.2) is 48.8 Å². The molecule has 5 heteroatoms. The first-order chi connectivity index (χ1) is 11.5. The molecule has 0 bridgehead atoms. The first-order valence-corrected chi connectivity index (χ1v) is 8.00. The minimum absolute atomic E-state index is 0.0174. The van der Waals surface area contributed by atoms with Gasteiger partial charge in [0.1, 0.15) is 6.54 Å². The topological polar surface area (TPSA) is 62.3 Å².